The third kappa shape index (κ3) is 2.25. The predicted octanol–water partition coefficient (Wildman–Crippen LogP) is 4.35. The van der Waals surface area contributed by atoms with Crippen LogP contribution in [0.3, 0.4) is 0 Å². The van der Waals surface area contributed by atoms with Crippen LogP contribution in [-0.2, 0) is 12.8 Å². The second-order valence-corrected chi connectivity index (χ2v) is 5.07. The van der Waals surface area contributed by atoms with E-state index < -0.39 is 0 Å². The molecule has 1 unspecified atom stereocenters. The van der Waals surface area contributed by atoms with Gasteiger partial charge in [-0.25, -0.2) is 0 Å². The topological polar surface area (TPSA) is 0 Å². The molecule has 0 aliphatic heterocycles. The molecule has 0 nitrogen and oxygen atoms in total. The molecule has 1 aliphatic carbocycles. The number of halogens is 1. The summed E-state index contributed by atoms with van der Waals surface area (Å²) in [6.45, 7) is 2.15. The largest absolute Gasteiger partial charge is 0.120 e. The zero-order valence-corrected chi connectivity index (χ0v) is 10.5. The van der Waals surface area contributed by atoms with Crippen molar-refractivity contribution in [2.24, 2.45) is 0 Å². The van der Waals surface area contributed by atoms with Crippen LogP contribution in [0.5, 0.6) is 0 Å². The summed E-state index contributed by atoms with van der Waals surface area (Å²) in [6, 6.07) is 4.43. The van der Waals surface area contributed by atoms with Gasteiger partial charge in [0, 0.05) is 11.4 Å². The molecule has 84 valence electrons. The highest BCUT2D eigenvalue weighted by atomic mass is 35.5. The molecule has 0 saturated heterocycles. The molecule has 0 N–H and O–H groups in total. The molecule has 0 saturated carbocycles. The molecule has 1 aliphatic rings. The maximum atomic E-state index is 6.32. The molecule has 0 bridgehead atoms. The van der Waals surface area contributed by atoms with Gasteiger partial charge in [0.1, 0.15) is 0 Å². The third-order valence-electron chi connectivity index (χ3n) is 3.42. The lowest BCUT2D eigenvalue weighted by Gasteiger charge is -2.20. The Kier molecular flexibility index (Phi) is 3.56. The zero-order chi connectivity index (χ0) is 11.5. The Morgan fingerprint density at radius 2 is 1.94 bits per heavy atom. The first kappa shape index (κ1) is 11.6. The summed E-state index contributed by atoms with van der Waals surface area (Å²) in [5.41, 5.74) is 4.14. The van der Waals surface area contributed by atoms with E-state index in [0.717, 1.165) is 11.4 Å². The van der Waals surface area contributed by atoms with Crippen LogP contribution in [0.2, 0.25) is 5.02 Å². The van der Waals surface area contributed by atoms with Crippen molar-refractivity contribution in [2.75, 3.05) is 0 Å². The Hall–Kier alpha value is -0.930. The SMILES string of the molecule is C#CCC(C)c1cc2c(cc1Cl)CCCC2. The minimum Gasteiger partial charge on any atom is -0.120 e. The number of hydrogen-bond acceptors (Lipinski definition) is 0. The summed E-state index contributed by atoms with van der Waals surface area (Å²) in [5.74, 6) is 3.08. The van der Waals surface area contributed by atoms with E-state index in [1.54, 1.807) is 0 Å². The fraction of sp³-hybridized carbons (Fsp3) is 0.467. The van der Waals surface area contributed by atoms with Crippen molar-refractivity contribution in [3.8, 4) is 12.3 Å². The molecule has 0 spiro atoms. The second-order valence-electron chi connectivity index (χ2n) is 4.66. The zero-order valence-electron chi connectivity index (χ0n) is 9.72. The average Bonchev–Trinajstić information content (AvgIpc) is 2.28. The molecule has 2 rings (SSSR count). The van der Waals surface area contributed by atoms with Crippen LogP contribution in [0.15, 0.2) is 12.1 Å². The number of hydrogen-bond donors (Lipinski definition) is 0. The molecule has 0 fully saturated rings. The number of aryl methyl sites for hydroxylation is 2. The van der Waals surface area contributed by atoms with E-state index in [1.807, 2.05) is 0 Å². The molecule has 0 amide bonds. The quantitative estimate of drug-likeness (QED) is 0.666. The van der Waals surface area contributed by atoms with E-state index in [1.165, 1.54) is 42.4 Å². The maximum absolute atomic E-state index is 6.32. The third-order valence-corrected chi connectivity index (χ3v) is 3.74. The van der Waals surface area contributed by atoms with Gasteiger partial charge in [-0.05, 0) is 54.4 Å². The van der Waals surface area contributed by atoms with Crippen molar-refractivity contribution in [2.45, 2.75) is 44.9 Å². The summed E-state index contributed by atoms with van der Waals surface area (Å²) >= 11 is 6.32. The van der Waals surface area contributed by atoms with Gasteiger partial charge in [0.2, 0.25) is 0 Å². The van der Waals surface area contributed by atoms with Crippen LogP contribution in [0.25, 0.3) is 0 Å². The molecule has 0 heterocycles. The van der Waals surface area contributed by atoms with Crippen molar-refractivity contribution < 1.29 is 0 Å². The Labute approximate surface area is 103 Å². The van der Waals surface area contributed by atoms with Crippen molar-refractivity contribution >= 4 is 11.6 Å². The Morgan fingerprint density at radius 3 is 2.56 bits per heavy atom. The van der Waals surface area contributed by atoms with Crippen molar-refractivity contribution in [3.05, 3.63) is 33.8 Å². The highest BCUT2D eigenvalue weighted by Gasteiger charge is 2.15. The van der Waals surface area contributed by atoms with Gasteiger partial charge in [0.15, 0.2) is 0 Å². The minimum absolute atomic E-state index is 0.365. The number of rotatable bonds is 2. The van der Waals surface area contributed by atoms with E-state index in [-0.39, 0.29) is 0 Å². The molecule has 1 aromatic rings. The lowest BCUT2D eigenvalue weighted by molar-refractivity contribution is 0.681. The Bertz CT molecular complexity index is 426. The molecule has 1 heteroatoms. The van der Waals surface area contributed by atoms with Crippen LogP contribution >= 0.6 is 11.6 Å². The smallest absolute Gasteiger partial charge is 0.0443 e. The standard InChI is InChI=1S/C15H17Cl/c1-3-6-11(2)14-9-12-7-4-5-8-13(12)10-15(14)16/h1,9-11H,4-8H2,2H3. The van der Waals surface area contributed by atoms with E-state index in [4.69, 9.17) is 18.0 Å². The fourth-order valence-corrected chi connectivity index (χ4v) is 2.81. The summed E-state index contributed by atoms with van der Waals surface area (Å²) in [5, 5.41) is 0.892. The maximum Gasteiger partial charge on any atom is 0.0443 e. The van der Waals surface area contributed by atoms with Crippen LogP contribution in [0.4, 0.5) is 0 Å². The van der Waals surface area contributed by atoms with Gasteiger partial charge in [-0.3, -0.25) is 0 Å². The van der Waals surface area contributed by atoms with Gasteiger partial charge in [0.05, 0.1) is 0 Å². The first-order valence-corrected chi connectivity index (χ1v) is 6.35. The predicted molar refractivity (Wildman–Crippen MR) is 70.0 cm³/mol. The van der Waals surface area contributed by atoms with Gasteiger partial charge in [-0.1, -0.05) is 24.6 Å². The number of terminal acetylenes is 1. The monoisotopic (exact) mass is 232 g/mol. The van der Waals surface area contributed by atoms with Crippen LogP contribution < -0.4 is 0 Å². The first-order chi connectivity index (χ1) is 7.72. The molecule has 0 radical (unpaired) electrons. The van der Waals surface area contributed by atoms with E-state index in [9.17, 15) is 0 Å². The summed E-state index contributed by atoms with van der Waals surface area (Å²) < 4.78 is 0. The van der Waals surface area contributed by atoms with Gasteiger partial charge in [0.25, 0.3) is 0 Å². The molecule has 0 aromatic heterocycles. The highest BCUT2D eigenvalue weighted by molar-refractivity contribution is 6.31. The molecule has 1 aromatic carbocycles. The summed E-state index contributed by atoms with van der Waals surface area (Å²) in [6.07, 6.45) is 11.1. The lowest BCUT2D eigenvalue weighted by atomic mass is 9.87. The van der Waals surface area contributed by atoms with Gasteiger partial charge >= 0.3 is 0 Å². The van der Waals surface area contributed by atoms with Gasteiger partial charge < -0.3 is 0 Å². The number of fused-ring (bicyclic) bond motifs is 1. The fourth-order valence-electron chi connectivity index (χ4n) is 2.44. The van der Waals surface area contributed by atoms with E-state index in [0.29, 0.717) is 5.92 Å². The number of benzene rings is 1. The molecule has 1 atom stereocenters. The highest BCUT2D eigenvalue weighted by Crippen LogP contribution is 2.32. The lowest BCUT2D eigenvalue weighted by Crippen LogP contribution is -2.05. The Morgan fingerprint density at radius 1 is 1.31 bits per heavy atom. The normalized spacial score (nSPS) is 16.3. The minimum atomic E-state index is 0.365. The van der Waals surface area contributed by atoms with E-state index >= 15 is 0 Å². The van der Waals surface area contributed by atoms with Gasteiger partial charge in [-0.15, -0.1) is 12.3 Å². The summed E-state index contributed by atoms with van der Waals surface area (Å²) in [4.78, 5) is 0. The summed E-state index contributed by atoms with van der Waals surface area (Å²) in [7, 11) is 0. The van der Waals surface area contributed by atoms with E-state index in [2.05, 4.69) is 25.0 Å². The van der Waals surface area contributed by atoms with Crippen molar-refractivity contribution in [3.63, 3.8) is 0 Å². The second kappa shape index (κ2) is 4.93. The molecular formula is C15H17Cl. The molecular weight excluding hydrogens is 216 g/mol. The van der Waals surface area contributed by atoms with Crippen molar-refractivity contribution in [1.29, 1.82) is 0 Å². The van der Waals surface area contributed by atoms with Crippen LogP contribution in [-0.4, -0.2) is 0 Å². The first-order valence-electron chi connectivity index (χ1n) is 5.97. The van der Waals surface area contributed by atoms with Crippen molar-refractivity contribution in [1.82, 2.24) is 0 Å². The van der Waals surface area contributed by atoms with Crippen LogP contribution in [0, 0.1) is 12.3 Å². The molecule has 16 heavy (non-hydrogen) atoms. The Balaban J connectivity index is 2.36. The van der Waals surface area contributed by atoms with Gasteiger partial charge in [-0.2, -0.15) is 0 Å². The average molecular weight is 233 g/mol. The van der Waals surface area contributed by atoms with Crippen LogP contribution in [0.1, 0.15) is 48.8 Å².